The highest BCUT2D eigenvalue weighted by Gasteiger charge is 2.13. The van der Waals surface area contributed by atoms with Crippen molar-refractivity contribution in [1.29, 1.82) is 0 Å². The molecule has 0 N–H and O–H groups in total. The van der Waals surface area contributed by atoms with Crippen LogP contribution in [0.2, 0.25) is 0 Å². The maximum Gasteiger partial charge on any atom is 0.141 e. The van der Waals surface area contributed by atoms with Crippen molar-refractivity contribution >= 4 is 5.78 Å². The van der Waals surface area contributed by atoms with Crippen molar-refractivity contribution in [2.24, 2.45) is 0 Å². The van der Waals surface area contributed by atoms with Crippen LogP contribution in [0.1, 0.15) is 43.0 Å². The summed E-state index contributed by atoms with van der Waals surface area (Å²) in [6, 6.07) is 16.6. The molecule has 110 valence electrons. The van der Waals surface area contributed by atoms with Gasteiger partial charge in [-0.15, -0.1) is 0 Å². The molecule has 0 heterocycles. The van der Waals surface area contributed by atoms with E-state index in [1.165, 1.54) is 11.1 Å². The summed E-state index contributed by atoms with van der Waals surface area (Å²) in [6.45, 7) is 8.65. The Hall–Kier alpha value is -1.89. The summed E-state index contributed by atoms with van der Waals surface area (Å²) in [5, 5.41) is 0. The highest BCUT2D eigenvalue weighted by atomic mass is 16.1. The third kappa shape index (κ3) is 4.56. The molecule has 21 heavy (non-hydrogen) atoms. The Labute approximate surface area is 128 Å². The molecule has 0 aliphatic heterocycles. The van der Waals surface area contributed by atoms with Gasteiger partial charge in [-0.25, -0.2) is 0 Å². The number of rotatable bonds is 4. The lowest BCUT2D eigenvalue weighted by molar-refractivity contribution is -0.117. The molecule has 0 bridgehead atoms. The molecule has 0 fully saturated rings. The molecule has 1 heteroatoms. The summed E-state index contributed by atoms with van der Waals surface area (Å²) in [4.78, 5) is 12.1. The van der Waals surface area contributed by atoms with Crippen LogP contribution in [0.3, 0.4) is 0 Å². The van der Waals surface area contributed by atoms with Gasteiger partial charge in [0.15, 0.2) is 0 Å². The van der Waals surface area contributed by atoms with E-state index in [0.29, 0.717) is 12.8 Å². The van der Waals surface area contributed by atoms with Crippen LogP contribution in [-0.4, -0.2) is 5.78 Å². The molecule has 2 aromatic rings. The Balaban J connectivity index is 1.98. The summed E-state index contributed by atoms with van der Waals surface area (Å²) in [7, 11) is 0. The maximum atomic E-state index is 12.1. The second-order valence-electron chi connectivity index (χ2n) is 6.82. The Kier molecular flexibility index (Phi) is 4.62. The molecule has 1 nitrogen and oxygen atoms in total. The van der Waals surface area contributed by atoms with Gasteiger partial charge in [0, 0.05) is 12.8 Å². The monoisotopic (exact) mass is 280 g/mol. The van der Waals surface area contributed by atoms with Crippen LogP contribution in [0.25, 0.3) is 0 Å². The third-order valence-corrected chi connectivity index (χ3v) is 3.74. The van der Waals surface area contributed by atoms with Crippen LogP contribution in [0.15, 0.2) is 48.5 Å². The summed E-state index contributed by atoms with van der Waals surface area (Å²) in [5.74, 6) is 0.266. The van der Waals surface area contributed by atoms with Crippen LogP contribution in [0, 0.1) is 6.92 Å². The van der Waals surface area contributed by atoms with Crippen molar-refractivity contribution in [2.45, 2.75) is 46.0 Å². The van der Waals surface area contributed by atoms with E-state index in [4.69, 9.17) is 0 Å². The topological polar surface area (TPSA) is 17.1 Å². The molecule has 0 spiro atoms. The highest BCUT2D eigenvalue weighted by molar-refractivity contribution is 5.83. The smallest absolute Gasteiger partial charge is 0.141 e. The zero-order valence-electron chi connectivity index (χ0n) is 13.4. The minimum Gasteiger partial charge on any atom is -0.299 e. The van der Waals surface area contributed by atoms with Crippen molar-refractivity contribution < 1.29 is 4.79 Å². The summed E-state index contributed by atoms with van der Waals surface area (Å²) in [5.41, 5.74) is 4.88. The summed E-state index contributed by atoms with van der Waals surface area (Å²) >= 11 is 0. The van der Waals surface area contributed by atoms with Gasteiger partial charge in [0.05, 0.1) is 0 Å². The van der Waals surface area contributed by atoms with Gasteiger partial charge < -0.3 is 0 Å². The van der Waals surface area contributed by atoms with Crippen molar-refractivity contribution in [3.05, 3.63) is 70.8 Å². The third-order valence-electron chi connectivity index (χ3n) is 3.74. The predicted molar refractivity (Wildman–Crippen MR) is 88.7 cm³/mol. The van der Waals surface area contributed by atoms with Gasteiger partial charge in [0.1, 0.15) is 5.78 Å². The van der Waals surface area contributed by atoms with E-state index in [-0.39, 0.29) is 11.2 Å². The number of benzene rings is 2. The first kappa shape index (κ1) is 15.5. The van der Waals surface area contributed by atoms with E-state index in [0.717, 1.165) is 11.1 Å². The fourth-order valence-corrected chi connectivity index (χ4v) is 2.35. The molecule has 0 aliphatic carbocycles. The number of hydrogen-bond donors (Lipinski definition) is 0. The normalized spacial score (nSPS) is 11.4. The van der Waals surface area contributed by atoms with Gasteiger partial charge in [0.2, 0.25) is 0 Å². The summed E-state index contributed by atoms with van der Waals surface area (Å²) < 4.78 is 0. The first-order valence-electron chi connectivity index (χ1n) is 7.51. The molecule has 0 radical (unpaired) electrons. The lowest BCUT2D eigenvalue weighted by Crippen LogP contribution is -2.11. The van der Waals surface area contributed by atoms with E-state index in [1.807, 2.05) is 12.1 Å². The maximum absolute atomic E-state index is 12.1. The first-order chi connectivity index (χ1) is 9.84. The minimum atomic E-state index is 0.157. The van der Waals surface area contributed by atoms with Crippen molar-refractivity contribution in [3.63, 3.8) is 0 Å². The number of aryl methyl sites for hydroxylation is 1. The number of ketones is 1. The van der Waals surface area contributed by atoms with Gasteiger partial charge in [-0.05, 0) is 29.0 Å². The molecule has 0 aliphatic rings. The highest BCUT2D eigenvalue weighted by Crippen LogP contribution is 2.22. The summed E-state index contributed by atoms with van der Waals surface area (Å²) in [6.07, 6.45) is 1.03. The average Bonchev–Trinajstić information content (AvgIpc) is 2.41. The molecule has 2 aromatic carbocycles. The molecule has 0 amide bonds. The van der Waals surface area contributed by atoms with Gasteiger partial charge >= 0.3 is 0 Å². The standard InChI is InChI=1S/C20H24O/c1-15-5-7-16(8-6-15)13-19(21)14-17-9-11-18(12-10-17)20(2,3)4/h5-12H,13-14H2,1-4H3. The predicted octanol–water partition coefficient (Wildman–Crippen LogP) is 4.65. The Morgan fingerprint density at radius 2 is 1.24 bits per heavy atom. The Morgan fingerprint density at radius 1 is 0.810 bits per heavy atom. The molecule has 0 atom stereocenters. The molecule has 0 saturated heterocycles. The van der Waals surface area contributed by atoms with Gasteiger partial charge in [-0.1, -0.05) is 74.9 Å². The van der Waals surface area contributed by atoms with E-state index in [2.05, 4.69) is 64.1 Å². The molecule has 0 saturated carbocycles. The molecule has 2 rings (SSSR count). The zero-order chi connectivity index (χ0) is 15.5. The lowest BCUT2D eigenvalue weighted by Gasteiger charge is -2.19. The van der Waals surface area contributed by atoms with E-state index in [9.17, 15) is 4.79 Å². The first-order valence-corrected chi connectivity index (χ1v) is 7.51. The zero-order valence-corrected chi connectivity index (χ0v) is 13.4. The van der Waals surface area contributed by atoms with Crippen LogP contribution in [-0.2, 0) is 23.1 Å². The van der Waals surface area contributed by atoms with E-state index >= 15 is 0 Å². The van der Waals surface area contributed by atoms with E-state index in [1.54, 1.807) is 0 Å². The molecule has 0 aromatic heterocycles. The second kappa shape index (κ2) is 6.26. The Bertz CT molecular complexity index is 598. The fraction of sp³-hybridized carbons (Fsp3) is 0.350. The van der Waals surface area contributed by atoms with Gasteiger partial charge in [-0.3, -0.25) is 4.79 Å². The largest absolute Gasteiger partial charge is 0.299 e. The fourth-order valence-electron chi connectivity index (χ4n) is 2.35. The van der Waals surface area contributed by atoms with Crippen molar-refractivity contribution in [3.8, 4) is 0 Å². The molecule has 0 unspecified atom stereocenters. The number of Topliss-reactive ketones (excluding diaryl/α,β-unsaturated/α-hetero) is 1. The number of carbonyl (C=O) groups excluding carboxylic acids is 1. The van der Waals surface area contributed by atoms with Gasteiger partial charge in [-0.2, -0.15) is 0 Å². The van der Waals surface area contributed by atoms with Crippen LogP contribution >= 0.6 is 0 Å². The van der Waals surface area contributed by atoms with Crippen LogP contribution in [0.5, 0.6) is 0 Å². The van der Waals surface area contributed by atoms with E-state index < -0.39 is 0 Å². The lowest BCUT2D eigenvalue weighted by atomic mass is 9.86. The quantitative estimate of drug-likeness (QED) is 0.797. The minimum absolute atomic E-state index is 0.157. The van der Waals surface area contributed by atoms with Gasteiger partial charge in [0.25, 0.3) is 0 Å². The molecular formula is C20H24O. The Morgan fingerprint density at radius 3 is 1.67 bits per heavy atom. The van der Waals surface area contributed by atoms with Crippen LogP contribution < -0.4 is 0 Å². The molecular weight excluding hydrogens is 256 g/mol. The van der Waals surface area contributed by atoms with Crippen LogP contribution in [0.4, 0.5) is 0 Å². The van der Waals surface area contributed by atoms with Crippen molar-refractivity contribution in [1.82, 2.24) is 0 Å². The second-order valence-corrected chi connectivity index (χ2v) is 6.82. The average molecular weight is 280 g/mol. The number of carbonyl (C=O) groups is 1. The van der Waals surface area contributed by atoms with Crippen molar-refractivity contribution in [2.75, 3.05) is 0 Å². The SMILES string of the molecule is Cc1ccc(CC(=O)Cc2ccc(C(C)(C)C)cc2)cc1. The number of hydrogen-bond acceptors (Lipinski definition) is 1.